The molecule has 21 heavy (non-hydrogen) atoms. The summed E-state index contributed by atoms with van der Waals surface area (Å²) in [5, 5.41) is 0. The van der Waals surface area contributed by atoms with Crippen molar-refractivity contribution in [2.75, 3.05) is 21.3 Å². The molecule has 2 rings (SSSR count). The normalized spacial score (nSPS) is 11.6. The SMILES string of the molecule is COC(=O)C(c1ccccc1)c1ccc(OC)cc1OC. The van der Waals surface area contributed by atoms with E-state index in [0.717, 1.165) is 11.1 Å². The van der Waals surface area contributed by atoms with E-state index in [0.29, 0.717) is 11.5 Å². The second kappa shape index (κ2) is 6.79. The summed E-state index contributed by atoms with van der Waals surface area (Å²) in [7, 11) is 4.54. The number of carbonyl (C=O) groups excluding carboxylic acids is 1. The van der Waals surface area contributed by atoms with Crippen molar-refractivity contribution in [3.8, 4) is 11.5 Å². The Morgan fingerprint density at radius 3 is 2.24 bits per heavy atom. The molecule has 0 aliphatic rings. The van der Waals surface area contributed by atoms with Crippen LogP contribution in [0.25, 0.3) is 0 Å². The molecule has 0 heterocycles. The average molecular weight is 286 g/mol. The van der Waals surface area contributed by atoms with Crippen LogP contribution in [-0.4, -0.2) is 27.3 Å². The minimum absolute atomic E-state index is 0.329. The molecule has 0 fully saturated rings. The molecule has 0 saturated carbocycles. The molecule has 2 aromatic rings. The van der Waals surface area contributed by atoms with Crippen LogP contribution >= 0.6 is 0 Å². The van der Waals surface area contributed by atoms with Crippen LogP contribution in [0, 0.1) is 0 Å². The van der Waals surface area contributed by atoms with Gasteiger partial charge in [0.25, 0.3) is 0 Å². The second-order valence-corrected chi connectivity index (χ2v) is 4.47. The zero-order valence-corrected chi connectivity index (χ0v) is 12.3. The molecule has 0 bridgehead atoms. The van der Waals surface area contributed by atoms with Crippen LogP contribution < -0.4 is 9.47 Å². The number of ether oxygens (including phenoxy) is 3. The van der Waals surface area contributed by atoms with Crippen LogP contribution in [0.5, 0.6) is 11.5 Å². The minimum Gasteiger partial charge on any atom is -0.497 e. The molecule has 4 nitrogen and oxygen atoms in total. The fourth-order valence-corrected chi connectivity index (χ4v) is 2.26. The second-order valence-electron chi connectivity index (χ2n) is 4.47. The molecule has 4 heteroatoms. The predicted octanol–water partition coefficient (Wildman–Crippen LogP) is 3.01. The van der Waals surface area contributed by atoms with E-state index < -0.39 is 5.92 Å². The first kappa shape index (κ1) is 14.9. The van der Waals surface area contributed by atoms with Gasteiger partial charge >= 0.3 is 5.97 Å². The third-order valence-corrected chi connectivity index (χ3v) is 3.32. The van der Waals surface area contributed by atoms with Gasteiger partial charge in [-0.05, 0) is 11.6 Å². The van der Waals surface area contributed by atoms with Gasteiger partial charge in [-0.1, -0.05) is 36.4 Å². The molecule has 0 spiro atoms. The molecule has 2 aromatic carbocycles. The van der Waals surface area contributed by atoms with E-state index in [4.69, 9.17) is 14.2 Å². The van der Waals surface area contributed by atoms with E-state index in [2.05, 4.69) is 0 Å². The lowest BCUT2D eigenvalue weighted by molar-refractivity contribution is -0.141. The van der Waals surface area contributed by atoms with Crippen LogP contribution in [0.1, 0.15) is 17.0 Å². The summed E-state index contributed by atoms with van der Waals surface area (Å²) in [4.78, 5) is 12.2. The first-order valence-corrected chi connectivity index (χ1v) is 6.56. The quantitative estimate of drug-likeness (QED) is 0.793. The topological polar surface area (TPSA) is 44.8 Å². The Labute approximate surface area is 124 Å². The van der Waals surface area contributed by atoms with Gasteiger partial charge in [0.1, 0.15) is 17.4 Å². The van der Waals surface area contributed by atoms with Crippen molar-refractivity contribution in [1.82, 2.24) is 0 Å². The Hall–Kier alpha value is -2.49. The molecule has 0 aliphatic carbocycles. The first-order chi connectivity index (χ1) is 10.2. The van der Waals surface area contributed by atoms with Gasteiger partial charge in [-0.3, -0.25) is 4.79 Å². The van der Waals surface area contributed by atoms with Crippen molar-refractivity contribution in [2.24, 2.45) is 0 Å². The van der Waals surface area contributed by atoms with E-state index >= 15 is 0 Å². The number of rotatable bonds is 5. The summed E-state index contributed by atoms with van der Waals surface area (Å²) in [5.41, 5.74) is 1.60. The number of methoxy groups -OCH3 is 3. The average Bonchev–Trinajstić information content (AvgIpc) is 2.56. The molecular formula is C17H18O4. The van der Waals surface area contributed by atoms with Gasteiger partial charge in [-0.15, -0.1) is 0 Å². The first-order valence-electron chi connectivity index (χ1n) is 6.56. The van der Waals surface area contributed by atoms with Crippen LogP contribution in [0.4, 0.5) is 0 Å². The maximum Gasteiger partial charge on any atom is 0.317 e. The molecule has 110 valence electrons. The third-order valence-electron chi connectivity index (χ3n) is 3.32. The Morgan fingerprint density at radius 2 is 1.67 bits per heavy atom. The van der Waals surface area contributed by atoms with Crippen LogP contribution in [0.3, 0.4) is 0 Å². The monoisotopic (exact) mass is 286 g/mol. The van der Waals surface area contributed by atoms with E-state index in [1.165, 1.54) is 7.11 Å². The van der Waals surface area contributed by atoms with E-state index in [1.807, 2.05) is 36.4 Å². The van der Waals surface area contributed by atoms with E-state index in [-0.39, 0.29) is 5.97 Å². The Bertz CT molecular complexity index is 607. The van der Waals surface area contributed by atoms with Gasteiger partial charge in [0.15, 0.2) is 0 Å². The smallest absolute Gasteiger partial charge is 0.317 e. The van der Waals surface area contributed by atoms with Crippen LogP contribution in [0.2, 0.25) is 0 Å². The van der Waals surface area contributed by atoms with Gasteiger partial charge < -0.3 is 14.2 Å². The van der Waals surface area contributed by atoms with Crippen molar-refractivity contribution in [3.63, 3.8) is 0 Å². The standard InChI is InChI=1S/C17H18O4/c1-19-13-9-10-14(15(11-13)20-2)16(17(18)21-3)12-7-5-4-6-8-12/h4-11,16H,1-3H3. The molecule has 0 amide bonds. The highest BCUT2D eigenvalue weighted by molar-refractivity contribution is 5.83. The highest BCUT2D eigenvalue weighted by Crippen LogP contribution is 2.35. The largest absolute Gasteiger partial charge is 0.497 e. The molecular weight excluding hydrogens is 268 g/mol. The van der Waals surface area contributed by atoms with Gasteiger partial charge in [0.05, 0.1) is 21.3 Å². The summed E-state index contributed by atoms with van der Waals surface area (Å²) < 4.78 is 15.5. The van der Waals surface area contributed by atoms with Crippen molar-refractivity contribution in [2.45, 2.75) is 5.92 Å². The molecule has 0 aromatic heterocycles. The number of carbonyl (C=O) groups is 1. The van der Waals surface area contributed by atoms with Crippen molar-refractivity contribution >= 4 is 5.97 Å². The van der Waals surface area contributed by atoms with Crippen LogP contribution in [-0.2, 0) is 9.53 Å². The number of hydrogen-bond donors (Lipinski definition) is 0. The van der Waals surface area contributed by atoms with Gasteiger partial charge in [0.2, 0.25) is 0 Å². The maximum absolute atomic E-state index is 12.2. The highest BCUT2D eigenvalue weighted by atomic mass is 16.5. The Kier molecular flexibility index (Phi) is 4.82. The fraction of sp³-hybridized carbons (Fsp3) is 0.235. The summed E-state index contributed by atoms with van der Waals surface area (Å²) in [5.74, 6) is 0.405. The zero-order valence-electron chi connectivity index (χ0n) is 12.3. The van der Waals surface area contributed by atoms with Crippen molar-refractivity contribution < 1.29 is 19.0 Å². The van der Waals surface area contributed by atoms with E-state index in [1.54, 1.807) is 26.4 Å². The highest BCUT2D eigenvalue weighted by Gasteiger charge is 2.26. The van der Waals surface area contributed by atoms with Gasteiger partial charge in [0, 0.05) is 11.6 Å². The minimum atomic E-state index is -0.531. The molecule has 1 unspecified atom stereocenters. The molecule has 0 aliphatic heterocycles. The molecule has 0 N–H and O–H groups in total. The lowest BCUT2D eigenvalue weighted by Gasteiger charge is -2.19. The van der Waals surface area contributed by atoms with Crippen molar-refractivity contribution in [1.29, 1.82) is 0 Å². The Morgan fingerprint density at radius 1 is 0.952 bits per heavy atom. The third kappa shape index (κ3) is 3.16. The lowest BCUT2D eigenvalue weighted by atomic mass is 9.90. The van der Waals surface area contributed by atoms with Crippen LogP contribution in [0.15, 0.2) is 48.5 Å². The zero-order chi connectivity index (χ0) is 15.2. The Balaban J connectivity index is 2.54. The van der Waals surface area contributed by atoms with Gasteiger partial charge in [-0.2, -0.15) is 0 Å². The van der Waals surface area contributed by atoms with Gasteiger partial charge in [-0.25, -0.2) is 0 Å². The lowest BCUT2D eigenvalue weighted by Crippen LogP contribution is -2.16. The van der Waals surface area contributed by atoms with E-state index in [9.17, 15) is 4.79 Å². The number of esters is 1. The molecule has 1 atom stereocenters. The number of benzene rings is 2. The molecule has 0 radical (unpaired) electrons. The maximum atomic E-state index is 12.2. The summed E-state index contributed by atoms with van der Waals surface area (Å²) >= 11 is 0. The summed E-state index contributed by atoms with van der Waals surface area (Å²) in [6.45, 7) is 0. The predicted molar refractivity (Wildman–Crippen MR) is 79.8 cm³/mol. The number of hydrogen-bond acceptors (Lipinski definition) is 4. The van der Waals surface area contributed by atoms with Crippen molar-refractivity contribution in [3.05, 3.63) is 59.7 Å². The fourth-order valence-electron chi connectivity index (χ4n) is 2.26. The summed E-state index contributed by atoms with van der Waals surface area (Å²) in [6, 6.07) is 14.9. The summed E-state index contributed by atoms with van der Waals surface area (Å²) in [6.07, 6.45) is 0. The molecule has 0 saturated heterocycles.